The predicted octanol–water partition coefficient (Wildman–Crippen LogP) is 0.539. The highest BCUT2D eigenvalue weighted by Crippen LogP contribution is 2.06. The maximum atomic E-state index is 11.6. The van der Waals surface area contributed by atoms with Gasteiger partial charge in [0.15, 0.2) is 17.2 Å². The van der Waals surface area contributed by atoms with Crippen molar-refractivity contribution in [3.8, 4) is 12.1 Å². The zero-order valence-electron chi connectivity index (χ0n) is 10.4. The number of hydrogen-bond donors (Lipinski definition) is 0. The molecule has 7 nitrogen and oxygen atoms in total. The van der Waals surface area contributed by atoms with Crippen LogP contribution in [0.3, 0.4) is 0 Å². The van der Waals surface area contributed by atoms with E-state index in [9.17, 15) is 9.59 Å². The molecule has 1 aromatic rings. The second-order valence-corrected chi connectivity index (χ2v) is 3.64. The number of carbonyl (C=O) groups excluding carboxylic acids is 2. The number of imidazole rings is 1. The molecular weight excluding hydrogens is 248 g/mol. The lowest BCUT2D eigenvalue weighted by Crippen LogP contribution is -2.13. The molecule has 0 N–H and O–H groups in total. The van der Waals surface area contributed by atoms with Gasteiger partial charge in [-0.15, -0.1) is 0 Å². The highest BCUT2D eigenvalue weighted by atomic mass is 16.5. The summed E-state index contributed by atoms with van der Waals surface area (Å²) < 4.78 is 6.00. The Balaban J connectivity index is 2.59. The lowest BCUT2D eigenvalue weighted by atomic mass is 10.2. The van der Waals surface area contributed by atoms with E-state index in [-0.39, 0.29) is 43.2 Å². The van der Waals surface area contributed by atoms with Crippen molar-refractivity contribution in [2.75, 3.05) is 6.61 Å². The molecule has 7 heteroatoms. The van der Waals surface area contributed by atoms with E-state index in [1.54, 1.807) is 13.0 Å². The fraction of sp³-hybridized carbons (Fsp3) is 0.417. The molecule has 19 heavy (non-hydrogen) atoms. The standard InChI is InChI=1S/C12H12N4O3/c1-2-19-12(18)4-3-9(17)7-16-8-15-10(5-13)11(16)6-14/h8H,2-4,7H2,1H3. The van der Waals surface area contributed by atoms with E-state index < -0.39 is 5.97 Å². The maximum absolute atomic E-state index is 11.6. The number of carbonyl (C=O) groups is 2. The third-order valence-corrected chi connectivity index (χ3v) is 2.31. The predicted molar refractivity (Wildman–Crippen MR) is 62.5 cm³/mol. The number of ether oxygens (including phenoxy) is 1. The molecule has 0 aromatic carbocycles. The van der Waals surface area contributed by atoms with Crippen LogP contribution in [0.2, 0.25) is 0 Å². The van der Waals surface area contributed by atoms with Gasteiger partial charge in [-0.05, 0) is 6.92 Å². The number of nitriles is 2. The number of Topliss-reactive ketones (excluding diaryl/α,β-unsaturated/α-hetero) is 1. The summed E-state index contributed by atoms with van der Waals surface area (Å²) in [6.45, 7) is 1.88. The number of aromatic nitrogens is 2. The summed E-state index contributed by atoms with van der Waals surface area (Å²) in [5, 5.41) is 17.6. The van der Waals surface area contributed by atoms with Gasteiger partial charge >= 0.3 is 5.97 Å². The Bertz CT molecular complexity index is 563. The van der Waals surface area contributed by atoms with Crippen molar-refractivity contribution < 1.29 is 14.3 Å². The smallest absolute Gasteiger partial charge is 0.306 e. The van der Waals surface area contributed by atoms with E-state index in [1.807, 2.05) is 6.07 Å². The average Bonchev–Trinajstić information content (AvgIpc) is 2.78. The molecule has 0 spiro atoms. The van der Waals surface area contributed by atoms with Gasteiger partial charge in [-0.2, -0.15) is 10.5 Å². The van der Waals surface area contributed by atoms with Crippen LogP contribution >= 0.6 is 0 Å². The Morgan fingerprint density at radius 3 is 2.68 bits per heavy atom. The van der Waals surface area contributed by atoms with Crippen LogP contribution in [0.5, 0.6) is 0 Å². The monoisotopic (exact) mass is 260 g/mol. The van der Waals surface area contributed by atoms with E-state index in [2.05, 4.69) is 4.98 Å². The summed E-state index contributed by atoms with van der Waals surface area (Å²) in [5.74, 6) is -0.661. The molecule has 0 unspecified atom stereocenters. The Hall–Kier alpha value is -2.67. The molecule has 98 valence electrons. The van der Waals surface area contributed by atoms with Crippen LogP contribution < -0.4 is 0 Å². The minimum Gasteiger partial charge on any atom is -0.466 e. The molecule has 0 fully saturated rings. The normalized spacial score (nSPS) is 9.42. The topological polar surface area (TPSA) is 109 Å². The molecule has 0 aliphatic rings. The third-order valence-electron chi connectivity index (χ3n) is 2.31. The highest BCUT2D eigenvalue weighted by Gasteiger charge is 2.14. The summed E-state index contributed by atoms with van der Waals surface area (Å²) in [7, 11) is 0. The summed E-state index contributed by atoms with van der Waals surface area (Å²) in [6, 6.07) is 3.59. The molecule has 0 atom stereocenters. The summed E-state index contributed by atoms with van der Waals surface area (Å²) in [6.07, 6.45) is 1.30. The van der Waals surface area contributed by atoms with Crippen LogP contribution in [0, 0.1) is 22.7 Å². The van der Waals surface area contributed by atoms with Crippen molar-refractivity contribution in [3.05, 3.63) is 17.7 Å². The van der Waals surface area contributed by atoms with Gasteiger partial charge in [0.1, 0.15) is 12.1 Å². The van der Waals surface area contributed by atoms with E-state index in [4.69, 9.17) is 15.3 Å². The Morgan fingerprint density at radius 2 is 2.11 bits per heavy atom. The molecule has 0 radical (unpaired) electrons. The summed E-state index contributed by atoms with van der Waals surface area (Å²) >= 11 is 0. The fourth-order valence-corrected chi connectivity index (χ4v) is 1.44. The molecule has 0 saturated heterocycles. The molecule has 0 bridgehead atoms. The number of ketones is 1. The Labute approximate surface area is 110 Å². The van der Waals surface area contributed by atoms with Crippen LogP contribution in [-0.2, 0) is 20.9 Å². The van der Waals surface area contributed by atoms with Gasteiger partial charge in [-0.3, -0.25) is 9.59 Å². The molecule has 0 aliphatic carbocycles. The second kappa shape index (κ2) is 6.92. The van der Waals surface area contributed by atoms with Gasteiger partial charge in [0, 0.05) is 6.42 Å². The number of esters is 1. The number of nitrogens with zero attached hydrogens (tertiary/aromatic N) is 4. The van der Waals surface area contributed by atoms with E-state index >= 15 is 0 Å². The van der Waals surface area contributed by atoms with Crippen molar-refractivity contribution >= 4 is 11.8 Å². The Morgan fingerprint density at radius 1 is 1.37 bits per heavy atom. The second-order valence-electron chi connectivity index (χ2n) is 3.64. The largest absolute Gasteiger partial charge is 0.466 e. The van der Waals surface area contributed by atoms with Gasteiger partial charge in [0.05, 0.1) is 25.9 Å². The van der Waals surface area contributed by atoms with Crippen molar-refractivity contribution in [1.82, 2.24) is 9.55 Å². The van der Waals surface area contributed by atoms with Crippen LogP contribution in [0.25, 0.3) is 0 Å². The van der Waals surface area contributed by atoms with Crippen molar-refractivity contribution in [1.29, 1.82) is 10.5 Å². The van der Waals surface area contributed by atoms with Gasteiger partial charge < -0.3 is 9.30 Å². The van der Waals surface area contributed by atoms with Crippen LogP contribution in [0.4, 0.5) is 0 Å². The van der Waals surface area contributed by atoms with Gasteiger partial charge in [-0.1, -0.05) is 0 Å². The van der Waals surface area contributed by atoms with E-state index in [0.717, 1.165) is 0 Å². The molecule has 0 saturated carbocycles. The number of hydrogen-bond acceptors (Lipinski definition) is 6. The highest BCUT2D eigenvalue weighted by molar-refractivity contribution is 5.82. The first-order chi connectivity index (χ1) is 9.12. The van der Waals surface area contributed by atoms with Crippen molar-refractivity contribution in [2.45, 2.75) is 26.3 Å². The van der Waals surface area contributed by atoms with Crippen LogP contribution in [0.15, 0.2) is 6.33 Å². The van der Waals surface area contributed by atoms with Crippen LogP contribution in [-0.4, -0.2) is 27.9 Å². The lowest BCUT2D eigenvalue weighted by Gasteiger charge is -2.03. The molecular formula is C12H12N4O3. The van der Waals surface area contributed by atoms with Crippen molar-refractivity contribution in [2.24, 2.45) is 0 Å². The minimum atomic E-state index is -0.431. The number of rotatable bonds is 6. The SMILES string of the molecule is CCOC(=O)CCC(=O)Cn1cnc(C#N)c1C#N. The van der Waals surface area contributed by atoms with Gasteiger partial charge in [0.2, 0.25) is 0 Å². The molecule has 0 aliphatic heterocycles. The first kappa shape index (κ1) is 14.4. The van der Waals surface area contributed by atoms with Crippen molar-refractivity contribution in [3.63, 3.8) is 0 Å². The third kappa shape index (κ3) is 3.93. The summed E-state index contributed by atoms with van der Waals surface area (Å²) in [4.78, 5) is 26.4. The maximum Gasteiger partial charge on any atom is 0.306 e. The molecule has 1 rings (SSSR count). The van der Waals surface area contributed by atoms with Gasteiger partial charge in [-0.25, -0.2) is 4.98 Å². The fourth-order valence-electron chi connectivity index (χ4n) is 1.44. The minimum absolute atomic E-state index is 0.00830. The zero-order valence-corrected chi connectivity index (χ0v) is 10.4. The van der Waals surface area contributed by atoms with Crippen LogP contribution in [0.1, 0.15) is 31.2 Å². The zero-order chi connectivity index (χ0) is 14.3. The Kier molecular flexibility index (Phi) is 5.24. The average molecular weight is 260 g/mol. The summed E-state index contributed by atoms with van der Waals surface area (Å²) in [5.41, 5.74) is 0.0349. The molecule has 1 heterocycles. The van der Waals surface area contributed by atoms with Gasteiger partial charge in [0.25, 0.3) is 0 Å². The van der Waals surface area contributed by atoms with E-state index in [0.29, 0.717) is 0 Å². The lowest BCUT2D eigenvalue weighted by molar-refractivity contribution is -0.144. The molecule has 0 amide bonds. The quantitative estimate of drug-likeness (QED) is 0.690. The first-order valence-electron chi connectivity index (χ1n) is 5.65. The molecule has 1 aromatic heterocycles. The first-order valence-corrected chi connectivity index (χ1v) is 5.65. The van der Waals surface area contributed by atoms with E-state index in [1.165, 1.54) is 10.9 Å².